The predicted octanol–water partition coefficient (Wildman–Crippen LogP) is 1.72. The van der Waals surface area contributed by atoms with E-state index in [4.69, 9.17) is 4.74 Å². The van der Waals surface area contributed by atoms with E-state index in [-0.39, 0.29) is 24.1 Å². The molecule has 0 aromatic heterocycles. The Morgan fingerprint density at radius 1 is 1.08 bits per heavy atom. The number of hydrogen-bond acceptors (Lipinski definition) is 5. The van der Waals surface area contributed by atoms with Crippen molar-refractivity contribution < 1.29 is 14.3 Å². The molecule has 0 aliphatic carbocycles. The monoisotopic (exact) mass is 388 g/mol. The van der Waals surface area contributed by atoms with E-state index >= 15 is 0 Å². The molecule has 0 amide bonds. The molecule has 0 bridgehead atoms. The van der Waals surface area contributed by atoms with Gasteiger partial charge in [-0.1, -0.05) is 28.1 Å². The summed E-state index contributed by atoms with van der Waals surface area (Å²) in [6.07, 6.45) is 0. The van der Waals surface area contributed by atoms with Gasteiger partial charge in [-0.2, -0.15) is 0 Å². The molecular weight excluding hydrogens is 372 g/mol. The van der Waals surface area contributed by atoms with Crippen LogP contribution in [0.25, 0.3) is 0 Å². The number of rotatable bonds is 1. The smallest absolute Gasteiger partial charge is 0.187 e. The second kappa shape index (κ2) is 5.95. The van der Waals surface area contributed by atoms with Crippen LogP contribution in [0.1, 0.15) is 17.0 Å². The van der Waals surface area contributed by atoms with Crippen LogP contribution in [-0.2, 0) is 14.3 Å². The van der Waals surface area contributed by atoms with Gasteiger partial charge >= 0.3 is 0 Å². The molecule has 0 saturated carbocycles. The third kappa shape index (κ3) is 2.46. The Kier molecular flexibility index (Phi) is 3.90. The average Bonchev–Trinajstić information content (AvgIpc) is 2.56. The summed E-state index contributed by atoms with van der Waals surface area (Å²) in [5, 5.41) is 6.37. The van der Waals surface area contributed by atoms with E-state index in [9.17, 15) is 9.59 Å². The van der Waals surface area contributed by atoms with Gasteiger partial charge in [0.05, 0.1) is 13.2 Å². The highest BCUT2D eigenvalue weighted by Crippen LogP contribution is 2.41. The van der Waals surface area contributed by atoms with E-state index < -0.39 is 0 Å². The Bertz CT molecular complexity index is 784. The van der Waals surface area contributed by atoms with Crippen molar-refractivity contribution >= 4 is 27.5 Å². The molecule has 1 unspecified atom stereocenters. The lowest BCUT2D eigenvalue weighted by Crippen LogP contribution is -2.45. The summed E-state index contributed by atoms with van der Waals surface area (Å²) in [5.74, 6) is -0.334. The number of hydrogen-bond donors (Lipinski definition) is 2. The van der Waals surface area contributed by atoms with Crippen LogP contribution in [0.4, 0.5) is 0 Å². The third-order valence-electron chi connectivity index (χ3n) is 4.73. The van der Waals surface area contributed by atoms with Gasteiger partial charge in [0, 0.05) is 39.5 Å². The molecule has 0 spiro atoms. The molecule has 1 atom stereocenters. The number of dihydropyridines is 1. The van der Waals surface area contributed by atoms with Crippen LogP contribution in [0.5, 0.6) is 0 Å². The zero-order valence-corrected chi connectivity index (χ0v) is 14.8. The topological polar surface area (TPSA) is 67.4 Å². The minimum Gasteiger partial charge on any atom is -0.367 e. The van der Waals surface area contributed by atoms with Crippen LogP contribution in [0, 0.1) is 6.92 Å². The first-order chi connectivity index (χ1) is 11.6. The molecular formula is C18H17BrN2O3. The molecule has 1 aromatic carbocycles. The highest BCUT2D eigenvalue weighted by molar-refractivity contribution is 9.10. The molecule has 3 aliphatic heterocycles. The predicted molar refractivity (Wildman–Crippen MR) is 92.5 cm³/mol. The number of carbonyl (C=O) groups excluding carboxylic acids is 2. The minimum absolute atomic E-state index is 0.0382. The molecule has 0 saturated heterocycles. The molecule has 6 heteroatoms. The Hall–Kier alpha value is -1.76. The summed E-state index contributed by atoms with van der Waals surface area (Å²) in [6.45, 7) is 3.35. The van der Waals surface area contributed by atoms with Crippen LogP contribution < -0.4 is 10.6 Å². The molecule has 24 heavy (non-hydrogen) atoms. The maximum atomic E-state index is 12.6. The van der Waals surface area contributed by atoms with Gasteiger partial charge in [-0.25, -0.2) is 0 Å². The number of Topliss-reactive ketones (excluding diaryl/α,β-unsaturated/α-hetero) is 2. The molecule has 124 valence electrons. The molecule has 3 heterocycles. The zero-order chi connectivity index (χ0) is 16.8. The second-order valence-electron chi connectivity index (χ2n) is 6.29. The second-order valence-corrected chi connectivity index (χ2v) is 7.15. The van der Waals surface area contributed by atoms with E-state index in [1.807, 2.05) is 25.1 Å². The van der Waals surface area contributed by atoms with Crippen LogP contribution in [0.15, 0.2) is 45.2 Å². The highest BCUT2D eigenvalue weighted by atomic mass is 79.9. The normalized spacial score (nSPS) is 23.8. The maximum absolute atomic E-state index is 12.6. The molecule has 4 rings (SSSR count). The third-order valence-corrected chi connectivity index (χ3v) is 5.58. The van der Waals surface area contributed by atoms with Gasteiger partial charge in [-0.05, 0) is 24.1 Å². The van der Waals surface area contributed by atoms with Crippen molar-refractivity contribution in [2.45, 2.75) is 12.8 Å². The van der Waals surface area contributed by atoms with Crippen molar-refractivity contribution in [2.24, 2.45) is 0 Å². The van der Waals surface area contributed by atoms with Gasteiger partial charge in [0.25, 0.3) is 0 Å². The van der Waals surface area contributed by atoms with Crippen LogP contribution in [-0.4, -0.2) is 37.9 Å². The van der Waals surface area contributed by atoms with Gasteiger partial charge in [0.15, 0.2) is 11.6 Å². The summed E-state index contributed by atoms with van der Waals surface area (Å²) < 4.78 is 6.35. The van der Waals surface area contributed by atoms with E-state index in [1.54, 1.807) is 0 Å². The van der Waals surface area contributed by atoms with E-state index in [1.165, 1.54) is 0 Å². The lowest BCUT2D eigenvalue weighted by Gasteiger charge is -2.37. The number of benzene rings is 1. The fraction of sp³-hybridized carbons (Fsp3) is 0.333. The fourth-order valence-electron chi connectivity index (χ4n) is 3.56. The summed E-state index contributed by atoms with van der Waals surface area (Å²) in [7, 11) is 0. The lowest BCUT2D eigenvalue weighted by molar-refractivity contribution is -0.121. The van der Waals surface area contributed by atoms with Crippen LogP contribution in [0.3, 0.4) is 0 Å². The van der Waals surface area contributed by atoms with Crippen molar-refractivity contribution in [3.8, 4) is 0 Å². The average molecular weight is 389 g/mol. The molecule has 5 nitrogen and oxygen atoms in total. The highest BCUT2D eigenvalue weighted by Gasteiger charge is 2.40. The SMILES string of the molecule is Cc1ccc(C2C3=C(CNCC3=O)NC3=C2C(=O)COC3)cc1Br. The number of aryl methyl sites for hydroxylation is 1. The summed E-state index contributed by atoms with van der Waals surface area (Å²) in [5.41, 5.74) is 5.09. The first kappa shape index (κ1) is 15.7. The van der Waals surface area contributed by atoms with Crippen molar-refractivity contribution in [3.63, 3.8) is 0 Å². The molecule has 0 fully saturated rings. The van der Waals surface area contributed by atoms with Crippen molar-refractivity contribution in [3.05, 3.63) is 56.3 Å². The Balaban J connectivity index is 1.92. The summed E-state index contributed by atoms with van der Waals surface area (Å²) in [6, 6.07) is 6.03. The molecule has 0 radical (unpaired) electrons. The number of carbonyl (C=O) groups is 2. The van der Waals surface area contributed by atoms with Crippen LogP contribution in [0.2, 0.25) is 0 Å². The Labute approximate surface area is 148 Å². The number of nitrogens with one attached hydrogen (secondary N) is 2. The van der Waals surface area contributed by atoms with Crippen LogP contribution >= 0.6 is 15.9 Å². The lowest BCUT2D eigenvalue weighted by atomic mass is 9.75. The minimum atomic E-state index is -0.320. The fourth-order valence-corrected chi connectivity index (χ4v) is 3.96. The van der Waals surface area contributed by atoms with E-state index in [2.05, 4.69) is 26.6 Å². The quantitative estimate of drug-likeness (QED) is 0.766. The van der Waals surface area contributed by atoms with Gasteiger partial charge in [-0.3, -0.25) is 9.59 Å². The molecule has 2 N–H and O–H groups in total. The summed E-state index contributed by atoms with van der Waals surface area (Å²) >= 11 is 3.56. The largest absolute Gasteiger partial charge is 0.367 e. The van der Waals surface area contributed by atoms with E-state index in [0.717, 1.165) is 27.0 Å². The van der Waals surface area contributed by atoms with Crippen molar-refractivity contribution in [1.82, 2.24) is 10.6 Å². The first-order valence-electron chi connectivity index (χ1n) is 7.90. The van der Waals surface area contributed by atoms with E-state index in [0.29, 0.717) is 30.8 Å². The van der Waals surface area contributed by atoms with Crippen molar-refractivity contribution in [2.75, 3.05) is 26.3 Å². The standard InChI is InChI=1S/C18H17BrN2O3/c1-9-2-3-10(4-11(9)19)16-17-12(5-20-6-14(17)22)21-13-7-24-8-15(23)18(13)16/h2-4,16,20-21H,5-8H2,1H3. The van der Waals surface area contributed by atoms with Gasteiger partial charge < -0.3 is 15.4 Å². The number of ether oxygens (including phenoxy) is 1. The van der Waals surface area contributed by atoms with Crippen molar-refractivity contribution in [1.29, 1.82) is 0 Å². The Morgan fingerprint density at radius 2 is 1.88 bits per heavy atom. The summed E-state index contributed by atoms with van der Waals surface area (Å²) in [4.78, 5) is 25.2. The number of halogens is 1. The first-order valence-corrected chi connectivity index (χ1v) is 8.69. The molecule has 1 aromatic rings. The number of ketones is 2. The molecule has 3 aliphatic rings. The van der Waals surface area contributed by atoms with Gasteiger partial charge in [0.1, 0.15) is 6.61 Å². The zero-order valence-electron chi connectivity index (χ0n) is 13.2. The van der Waals surface area contributed by atoms with Gasteiger partial charge in [0.2, 0.25) is 0 Å². The maximum Gasteiger partial charge on any atom is 0.187 e. The van der Waals surface area contributed by atoms with Gasteiger partial charge in [-0.15, -0.1) is 0 Å². The Morgan fingerprint density at radius 3 is 2.67 bits per heavy atom.